The predicted molar refractivity (Wildman–Crippen MR) is 213 cm³/mol. The number of nitrogens with zero attached hydrogens (tertiary/aromatic N) is 4. The van der Waals surface area contributed by atoms with E-state index in [-0.39, 0.29) is 26.5 Å². The van der Waals surface area contributed by atoms with Crippen LogP contribution in [0, 0.1) is 18.5 Å². The van der Waals surface area contributed by atoms with Gasteiger partial charge >= 0.3 is 0 Å². The van der Waals surface area contributed by atoms with E-state index in [9.17, 15) is 0 Å². The van der Waals surface area contributed by atoms with Crippen LogP contribution in [-0.2, 0) is 33.5 Å². The van der Waals surface area contributed by atoms with Crippen LogP contribution < -0.4 is 9.30 Å². The van der Waals surface area contributed by atoms with E-state index < -0.39 is 0 Å². The second-order valence-corrected chi connectivity index (χ2v) is 14.9. The number of para-hydroxylation sites is 4. The maximum Gasteiger partial charge on any atom is 0.242 e. The molecule has 0 unspecified atom stereocenters. The van der Waals surface area contributed by atoms with Gasteiger partial charge in [0.25, 0.3) is 0 Å². The molecule has 0 amide bonds. The Labute approximate surface area is 330 Å². The molecule has 270 valence electrons. The van der Waals surface area contributed by atoms with Crippen molar-refractivity contribution in [3.05, 3.63) is 145 Å². The van der Waals surface area contributed by atoms with Crippen molar-refractivity contribution in [3.63, 3.8) is 0 Å². The first-order chi connectivity index (χ1) is 26.3. The van der Waals surface area contributed by atoms with Crippen LogP contribution in [-0.4, -0.2) is 14.1 Å². The second kappa shape index (κ2) is 12.2. The number of hydrogen-bond acceptors (Lipinski definition) is 4. The molecule has 0 atom stereocenters. The van der Waals surface area contributed by atoms with Crippen molar-refractivity contribution < 1.29 is 39.2 Å². The second-order valence-electron chi connectivity index (χ2n) is 14.9. The minimum absolute atomic E-state index is 0. The van der Waals surface area contributed by atoms with E-state index >= 15 is 0 Å². The summed E-state index contributed by atoms with van der Waals surface area (Å²) in [4.78, 5) is 4.85. The molecule has 0 fully saturated rings. The normalized spacial score (nSPS) is 12.2. The van der Waals surface area contributed by atoms with Crippen LogP contribution in [0.3, 0.4) is 0 Å². The number of ether oxygens (including phenoxy) is 1. The number of hydrogen-bond donors (Lipinski definition) is 0. The Morgan fingerprint density at radius 3 is 2.31 bits per heavy atom. The minimum atomic E-state index is -0.0406. The van der Waals surface area contributed by atoms with Crippen molar-refractivity contribution in [2.24, 2.45) is 7.05 Å². The number of benzene rings is 6. The molecule has 0 saturated carbocycles. The van der Waals surface area contributed by atoms with Crippen molar-refractivity contribution in [2.75, 3.05) is 0 Å². The van der Waals surface area contributed by atoms with Gasteiger partial charge in [0.1, 0.15) is 22.6 Å². The molecule has 0 spiro atoms. The third-order valence-electron chi connectivity index (χ3n) is 10.5. The van der Waals surface area contributed by atoms with Gasteiger partial charge in [-0.15, -0.1) is 23.6 Å². The van der Waals surface area contributed by atoms with E-state index in [4.69, 9.17) is 18.6 Å². The molecule has 11 rings (SSSR count). The molecule has 8 heteroatoms. The minimum Gasteiger partial charge on any atom is -0.511 e. The van der Waals surface area contributed by atoms with Gasteiger partial charge in [0.15, 0.2) is 0 Å². The van der Waals surface area contributed by atoms with E-state index in [1.807, 2.05) is 64.8 Å². The molecule has 0 aliphatic carbocycles. The fourth-order valence-electron chi connectivity index (χ4n) is 7.90. The van der Waals surface area contributed by atoms with Gasteiger partial charge in [0.05, 0.1) is 29.1 Å². The Morgan fingerprint density at radius 1 is 0.691 bits per heavy atom. The summed E-state index contributed by atoms with van der Waals surface area (Å²) < 4.78 is 26.1. The maximum atomic E-state index is 6.86. The number of aryl methyl sites for hydroxylation is 1. The predicted octanol–water partition coefficient (Wildman–Crippen LogP) is 11.2. The molecular weight excluding hydrogens is 864 g/mol. The fourth-order valence-corrected chi connectivity index (χ4v) is 7.90. The Balaban J connectivity index is 0.00000372. The van der Waals surface area contributed by atoms with Crippen LogP contribution in [0.25, 0.3) is 88.2 Å². The molecular formula is C47H32N4O3Pt-2. The summed E-state index contributed by atoms with van der Waals surface area (Å²) in [6.07, 6.45) is 5.36. The summed E-state index contributed by atoms with van der Waals surface area (Å²) in [6, 6.07) is 46.4. The molecule has 6 aromatic carbocycles. The topological polar surface area (TPSA) is 62.1 Å². The van der Waals surface area contributed by atoms with Gasteiger partial charge < -0.3 is 27.3 Å². The van der Waals surface area contributed by atoms with Crippen LogP contribution in [0.2, 0.25) is 0 Å². The van der Waals surface area contributed by atoms with Crippen molar-refractivity contribution >= 4 is 76.7 Å². The Bertz CT molecular complexity index is 3320. The summed E-state index contributed by atoms with van der Waals surface area (Å²) >= 11 is 0. The van der Waals surface area contributed by atoms with Gasteiger partial charge in [-0.25, -0.2) is 4.98 Å². The molecule has 0 aliphatic rings. The van der Waals surface area contributed by atoms with E-state index in [0.29, 0.717) is 17.1 Å². The van der Waals surface area contributed by atoms with Crippen LogP contribution in [0.15, 0.2) is 130 Å². The summed E-state index contributed by atoms with van der Waals surface area (Å²) in [5, 5.41) is 5.95. The Kier molecular flexibility index (Phi) is 7.39. The molecule has 5 heterocycles. The van der Waals surface area contributed by atoms with Gasteiger partial charge in [0.2, 0.25) is 6.33 Å². The van der Waals surface area contributed by atoms with Crippen LogP contribution in [0.4, 0.5) is 0 Å². The number of rotatable bonds is 4. The van der Waals surface area contributed by atoms with Crippen molar-refractivity contribution in [1.29, 1.82) is 0 Å². The molecule has 7 nitrogen and oxygen atoms in total. The third-order valence-corrected chi connectivity index (χ3v) is 10.5. The van der Waals surface area contributed by atoms with Gasteiger partial charge in [0, 0.05) is 55.1 Å². The zero-order valence-electron chi connectivity index (χ0n) is 30.4. The number of aromatic nitrogens is 4. The zero-order chi connectivity index (χ0) is 36.3. The zero-order valence-corrected chi connectivity index (χ0v) is 32.6. The monoisotopic (exact) mass is 895 g/mol. The van der Waals surface area contributed by atoms with Gasteiger partial charge in [-0.1, -0.05) is 98.0 Å². The van der Waals surface area contributed by atoms with E-state index in [2.05, 4.69) is 117 Å². The molecule has 0 bridgehead atoms. The van der Waals surface area contributed by atoms with E-state index in [1.54, 1.807) is 0 Å². The maximum absolute atomic E-state index is 6.86. The first-order valence-electron chi connectivity index (χ1n) is 18.0. The molecule has 0 aliphatic heterocycles. The molecule has 11 aromatic rings. The van der Waals surface area contributed by atoms with E-state index in [1.165, 1.54) is 5.56 Å². The van der Waals surface area contributed by atoms with Gasteiger partial charge in [-0.3, -0.25) is 0 Å². The van der Waals surface area contributed by atoms with Crippen molar-refractivity contribution in [3.8, 4) is 23.0 Å². The first kappa shape index (κ1) is 33.4. The summed E-state index contributed by atoms with van der Waals surface area (Å²) in [7, 11) is 2.00. The Morgan fingerprint density at radius 2 is 1.45 bits per heavy atom. The number of pyridine rings is 1. The molecule has 5 aromatic heterocycles. The van der Waals surface area contributed by atoms with Crippen molar-refractivity contribution in [2.45, 2.75) is 26.2 Å². The van der Waals surface area contributed by atoms with Gasteiger partial charge in [-0.2, -0.15) is 12.1 Å². The average Bonchev–Trinajstić information content (AvgIpc) is 3.93. The number of fused-ring (bicyclic) bond motifs is 11. The number of imidazole rings is 1. The standard InChI is InChI=1S/C47H32N4O3.Pt/c1-47(2,3)28-21-22-48-43(23-28)51-36-13-7-5-11-31(36)32-18-17-30(26-39(32)51)52-42-25-29(50-27-49(4)37-14-8-9-15-38(37)50)24-35-33-19-20-41-44(46(33)54-45(35)42)34-12-6-10-16-40(34)53-41;/h5-24H,1-4H3;/q-2;. The van der Waals surface area contributed by atoms with Crippen LogP contribution in [0.1, 0.15) is 26.3 Å². The van der Waals surface area contributed by atoms with Crippen molar-refractivity contribution in [1.82, 2.24) is 14.1 Å². The molecule has 0 N–H and O–H groups in total. The number of furan rings is 2. The quantitative estimate of drug-likeness (QED) is 0.130. The van der Waals surface area contributed by atoms with Crippen LogP contribution >= 0.6 is 0 Å². The summed E-state index contributed by atoms with van der Waals surface area (Å²) in [5.74, 6) is 1.80. The molecule has 0 saturated heterocycles. The first-order valence-corrected chi connectivity index (χ1v) is 18.0. The molecule has 0 radical (unpaired) electrons. The SMILES string of the molecule is C[n+]1[c-]n(-c2[c-]c(Oc3[c-]c4c(cc3)c3ccccc3n4-c3cc(C(C)(C)C)ccn3)c3oc4c(ccc5oc6ccccc6c54)c3c2)c2ccccc21.[Pt]. The smallest absolute Gasteiger partial charge is 0.242 e. The third kappa shape index (κ3) is 5.06. The molecule has 55 heavy (non-hydrogen) atoms. The fraction of sp³-hybridized carbons (Fsp3) is 0.106. The van der Waals surface area contributed by atoms with Crippen LogP contribution in [0.5, 0.6) is 11.5 Å². The van der Waals surface area contributed by atoms with E-state index in [0.717, 1.165) is 82.6 Å². The average molecular weight is 896 g/mol. The Hall–Kier alpha value is -6.17. The van der Waals surface area contributed by atoms with Gasteiger partial charge in [-0.05, 0) is 52.8 Å². The summed E-state index contributed by atoms with van der Waals surface area (Å²) in [6.45, 7) is 6.65. The largest absolute Gasteiger partial charge is 0.511 e. The summed E-state index contributed by atoms with van der Waals surface area (Å²) in [5.41, 5.74) is 8.79.